The van der Waals surface area contributed by atoms with Crippen molar-refractivity contribution >= 4 is 219 Å². The molecule has 0 radical (unpaired) electrons. The SMILES string of the molecule is Cc1ccc2cc(-c3ccc(Oc4c(Cl)c(Cl)c5c(c4Cl)C4=[N+]6C5=Cc5c7c(Cl)c(Cl)c(Oc8ccccc8C8CCCCC8)c(Cl)c7c7n5C65n6c(c8c(Cl)c(Cl)c(Oc9ccccc9C9CCCCC9)c(Cl)c8c6=C4)=CC4=[N+]5C(=C7)c5c(Cl)c(Oc6ccccc6C6CCCCC6)c(Cl)c(Cl)c54)cc3)ccc2c1. The maximum Gasteiger partial charge on any atom is 0.553 e. The summed E-state index contributed by atoms with van der Waals surface area (Å²) in [5, 5.41) is 7.20. The zero-order chi connectivity index (χ0) is 74.8. The molecule has 0 bridgehead atoms. The summed E-state index contributed by atoms with van der Waals surface area (Å²) in [4.78, 5) is 0. The fourth-order valence-corrected chi connectivity index (χ4v) is 22.9. The van der Waals surface area contributed by atoms with E-state index in [2.05, 4.69) is 92.0 Å². The highest BCUT2D eigenvalue weighted by molar-refractivity contribution is 6.54. The van der Waals surface area contributed by atoms with Crippen molar-refractivity contribution in [2.24, 2.45) is 0 Å². The van der Waals surface area contributed by atoms with Crippen molar-refractivity contribution < 1.29 is 28.1 Å². The van der Waals surface area contributed by atoms with E-state index < -0.39 is 5.91 Å². The van der Waals surface area contributed by atoms with Crippen LogP contribution in [0.4, 0.5) is 0 Å². The fraction of sp³-hybridized carbons (Fsp3) is 0.222. The minimum atomic E-state index is -1.78. The van der Waals surface area contributed by atoms with Crippen LogP contribution in [0, 0.1) is 6.92 Å². The first-order chi connectivity index (χ1) is 53.5. The van der Waals surface area contributed by atoms with E-state index in [4.69, 9.17) is 158 Å². The van der Waals surface area contributed by atoms with Gasteiger partial charge in [0, 0.05) is 45.8 Å². The summed E-state index contributed by atoms with van der Waals surface area (Å²) in [6, 6.07) is 45.1. The molecular weight excluding hydrogens is 1630 g/mol. The van der Waals surface area contributed by atoms with Gasteiger partial charge in [-0.3, -0.25) is 0 Å². The molecule has 110 heavy (non-hydrogen) atoms. The Kier molecular flexibility index (Phi) is 17.1. The quantitative estimate of drug-likeness (QED) is 0.0904. The number of hydrogen-bond donors (Lipinski definition) is 0. The van der Waals surface area contributed by atoms with E-state index in [-0.39, 0.29) is 101 Å². The first-order valence-electron chi connectivity index (χ1n) is 37.5. The zero-order valence-corrected chi connectivity index (χ0v) is 67.9. The van der Waals surface area contributed by atoms with Crippen LogP contribution in [0.25, 0.3) is 79.1 Å². The number of hydrogen-bond acceptors (Lipinski definition) is 4. The molecule has 8 heterocycles. The number of aromatic nitrogens is 2. The minimum absolute atomic E-state index is 0.0624. The van der Waals surface area contributed by atoms with Crippen LogP contribution in [-0.4, -0.2) is 29.7 Å². The molecule has 0 saturated heterocycles. The highest BCUT2D eigenvalue weighted by Crippen LogP contribution is 2.64. The van der Waals surface area contributed by atoms with Gasteiger partial charge in [0.25, 0.3) is 0 Å². The zero-order valence-electron chi connectivity index (χ0n) is 58.8. The molecule has 10 aromatic carbocycles. The molecule has 20 heteroatoms. The van der Waals surface area contributed by atoms with Crippen LogP contribution in [0.5, 0.6) is 46.0 Å². The summed E-state index contributed by atoms with van der Waals surface area (Å²) in [7, 11) is 0. The lowest BCUT2D eigenvalue weighted by Crippen LogP contribution is -2.69. The van der Waals surface area contributed by atoms with Crippen molar-refractivity contribution in [3.8, 4) is 57.1 Å². The smallest absolute Gasteiger partial charge is 0.454 e. The monoisotopic (exact) mass is 1680 g/mol. The van der Waals surface area contributed by atoms with Crippen LogP contribution in [-0.2, 0) is 5.91 Å². The van der Waals surface area contributed by atoms with Crippen molar-refractivity contribution in [1.82, 2.24) is 9.13 Å². The molecule has 1 spiro atoms. The second kappa shape index (κ2) is 26.7. The van der Waals surface area contributed by atoms with Crippen LogP contribution in [0.3, 0.4) is 0 Å². The van der Waals surface area contributed by atoms with Gasteiger partial charge in [0.05, 0.1) is 84.5 Å². The average molecular weight is 1690 g/mol. The highest BCUT2D eigenvalue weighted by atomic mass is 35.5. The number of ether oxygens (including phenoxy) is 4. The standard InChI is InChI=1S/C90H62Cl12N4O4/c1-43-29-30-50-38-49(32-31-48(50)37-43)44-33-35-51(36-34-44)107-86-78(95)70-59-41-60-71-68(76(93)84(101)87(79(71)96)108-63-26-14-11-23-52(63)45-17-5-2-6-18-45)57-40-58-69-73(81(98)89(85(102)77(69)94)110-65-28-16-13-25-54(65)47-21-9-4-10-22-47)62-42-61-72-67(56-39-55(66(70)74(91)82(86)99)103(59)90(104(57)60,105(56)61)106(58)62)75(92)83(100)88(80(72)97)109-64-27-15-12-24-53(64)46-19-7-3-8-20-46/h11-16,23-42,45-47H,2-10,17-22H2,1H3/q+2. The summed E-state index contributed by atoms with van der Waals surface area (Å²) in [5.74, 6) is 1.99. The lowest BCUT2D eigenvalue weighted by Gasteiger charge is -2.37. The van der Waals surface area contributed by atoms with Crippen LogP contribution >= 0.6 is 139 Å². The molecule has 21 rings (SSSR count). The van der Waals surface area contributed by atoms with Gasteiger partial charge in [-0.05, 0) is 138 Å². The Morgan fingerprint density at radius 2 is 0.718 bits per heavy atom. The van der Waals surface area contributed by atoms with E-state index >= 15 is 0 Å². The van der Waals surface area contributed by atoms with E-state index in [1.165, 1.54) is 24.8 Å². The molecule has 548 valence electrons. The predicted octanol–water partition coefficient (Wildman–Crippen LogP) is 29.2. The summed E-state index contributed by atoms with van der Waals surface area (Å²) >= 11 is 96.5. The normalized spacial score (nSPS) is 18.2. The number of nitrogens with zero attached hydrogens (tertiary/aromatic N) is 4. The molecule has 6 aliphatic heterocycles. The third-order valence-corrected chi connectivity index (χ3v) is 29.1. The lowest BCUT2D eigenvalue weighted by molar-refractivity contribution is -0.805. The molecule has 9 aliphatic rings. The largest absolute Gasteiger partial charge is 0.553 e. The Morgan fingerprint density at radius 3 is 1.24 bits per heavy atom. The van der Waals surface area contributed by atoms with E-state index in [1.807, 2.05) is 91.0 Å². The second-order valence-corrected chi connectivity index (χ2v) is 34.8. The Morgan fingerprint density at radius 1 is 0.336 bits per heavy atom. The van der Waals surface area contributed by atoms with Crippen molar-refractivity contribution in [1.29, 1.82) is 0 Å². The maximum atomic E-state index is 8.25. The third kappa shape index (κ3) is 10.2. The van der Waals surface area contributed by atoms with Crippen molar-refractivity contribution in [2.75, 3.05) is 0 Å². The molecule has 1 atom stereocenters. The van der Waals surface area contributed by atoms with Gasteiger partial charge in [0.1, 0.15) is 43.1 Å². The van der Waals surface area contributed by atoms with E-state index in [9.17, 15) is 0 Å². The summed E-state index contributed by atoms with van der Waals surface area (Å²) in [6.45, 7) is 2.10. The van der Waals surface area contributed by atoms with Crippen molar-refractivity contribution in [3.63, 3.8) is 0 Å². The van der Waals surface area contributed by atoms with E-state index in [1.54, 1.807) is 0 Å². The van der Waals surface area contributed by atoms with Crippen molar-refractivity contribution in [3.05, 3.63) is 260 Å². The number of aryl methyl sites for hydroxylation is 1. The van der Waals surface area contributed by atoms with Gasteiger partial charge in [-0.25, -0.2) is 0 Å². The fourth-order valence-electron chi connectivity index (χ4n) is 19.4. The average Bonchev–Trinajstić information content (AvgIpc) is 1.45. The Hall–Kier alpha value is -7.22. The van der Waals surface area contributed by atoms with E-state index in [0.29, 0.717) is 112 Å². The molecule has 3 fully saturated rings. The highest BCUT2D eigenvalue weighted by Gasteiger charge is 2.74. The van der Waals surface area contributed by atoms with Gasteiger partial charge >= 0.3 is 5.91 Å². The minimum Gasteiger partial charge on any atom is -0.454 e. The molecule has 2 aromatic heterocycles. The molecule has 8 nitrogen and oxygen atoms in total. The molecule has 0 amide bonds. The lowest BCUT2D eigenvalue weighted by atomic mass is 9.84. The Labute approximate surface area is 693 Å². The number of rotatable bonds is 12. The Balaban J connectivity index is 0.857. The van der Waals surface area contributed by atoms with Gasteiger partial charge in [-0.2, -0.15) is 9.13 Å². The van der Waals surface area contributed by atoms with Gasteiger partial charge in [-0.15, -0.1) is 0 Å². The second-order valence-electron chi connectivity index (χ2n) is 30.3. The van der Waals surface area contributed by atoms with E-state index in [0.717, 1.165) is 116 Å². The molecule has 3 saturated carbocycles. The summed E-state index contributed by atoms with van der Waals surface area (Å²) in [6.07, 6.45) is 24.5. The summed E-state index contributed by atoms with van der Waals surface area (Å²) < 4.78 is 37.4. The van der Waals surface area contributed by atoms with Gasteiger partial charge in [0.15, 0.2) is 23.0 Å². The van der Waals surface area contributed by atoms with Crippen LogP contribution in [0.15, 0.2) is 133 Å². The molecule has 3 aliphatic carbocycles. The molecule has 1 unspecified atom stereocenters. The van der Waals surface area contributed by atoms with Crippen LogP contribution in [0.2, 0.25) is 60.3 Å². The number of fused-ring (bicyclic) bond motifs is 13. The number of benzene rings is 10. The van der Waals surface area contributed by atoms with Gasteiger partial charge in [0.2, 0.25) is 22.8 Å². The van der Waals surface area contributed by atoms with Crippen molar-refractivity contribution in [2.45, 2.75) is 127 Å². The maximum absolute atomic E-state index is 8.25. The predicted molar refractivity (Wildman–Crippen MR) is 454 cm³/mol. The molecule has 0 N–H and O–H groups in total. The topological polar surface area (TPSA) is 52.8 Å². The van der Waals surface area contributed by atoms with Gasteiger partial charge < -0.3 is 18.9 Å². The summed E-state index contributed by atoms with van der Waals surface area (Å²) in [5.41, 5.74) is 11.7. The number of para-hydroxylation sites is 3. The first-order valence-corrected chi connectivity index (χ1v) is 42.0. The molecular formula is C90H62Cl12N4O4+2. The third-order valence-electron chi connectivity index (χ3n) is 24.3. The number of halogens is 12. The first kappa shape index (κ1) is 70.6. The van der Waals surface area contributed by atoms with Crippen LogP contribution < -0.4 is 29.6 Å². The van der Waals surface area contributed by atoms with Gasteiger partial charge in [-0.1, -0.05) is 309 Å². The molecule has 12 aromatic rings. The van der Waals surface area contributed by atoms with Crippen LogP contribution in [0.1, 0.15) is 170 Å². The Bertz CT molecular complexity index is 6470.